The molecule has 5 nitrogen and oxygen atoms in total. The summed E-state index contributed by atoms with van der Waals surface area (Å²) >= 11 is 0. The van der Waals surface area contributed by atoms with E-state index in [1.54, 1.807) is 6.07 Å². The number of hydrogen-bond acceptors (Lipinski definition) is 3. The first kappa shape index (κ1) is 11.0. The van der Waals surface area contributed by atoms with Crippen molar-refractivity contribution in [2.45, 2.75) is 18.9 Å². The second-order valence-corrected chi connectivity index (χ2v) is 3.86. The summed E-state index contributed by atoms with van der Waals surface area (Å²) in [6, 6.07) is 8.46. The predicted molar refractivity (Wildman–Crippen MR) is 61.0 cm³/mol. The molecule has 1 aromatic carbocycles. The molecule has 1 saturated carbocycles. The van der Waals surface area contributed by atoms with Gasteiger partial charge in [0.15, 0.2) is 0 Å². The van der Waals surface area contributed by atoms with Crippen molar-refractivity contribution in [2.24, 2.45) is 0 Å². The smallest absolute Gasteiger partial charge is 0.319 e. The van der Waals surface area contributed by atoms with Crippen LogP contribution in [0.5, 0.6) is 0 Å². The second-order valence-electron chi connectivity index (χ2n) is 3.86. The van der Waals surface area contributed by atoms with Crippen LogP contribution in [0, 0.1) is 22.7 Å². The van der Waals surface area contributed by atoms with Gasteiger partial charge in [0.05, 0.1) is 11.1 Å². The predicted octanol–water partition coefficient (Wildman–Crippen LogP) is 1.71. The molecule has 2 N–H and O–H groups in total. The lowest BCUT2D eigenvalue weighted by Gasteiger charge is -2.06. The molecule has 0 bridgehead atoms. The molecule has 0 atom stereocenters. The van der Waals surface area contributed by atoms with Crippen LogP contribution < -0.4 is 10.6 Å². The molecule has 1 fully saturated rings. The lowest BCUT2D eigenvalue weighted by Crippen LogP contribution is -2.30. The van der Waals surface area contributed by atoms with Gasteiger partial charge in [-0.3, -0.25) is 0 Å². The quantitative estimate of drug-likeness (QED) is 0.804. The molecule has 84 valence electrons. The molecule has 0 aliphatic heterocycles. The minimum atomic E-state index is -0.277. The van der Waals surface area contributed by atoms with E-state index in [-0.39, 0.29) is 17.6 Å². The van der Waals surface area contributed by atoms with Gasteiger partial charge in [0.1, 0.15) is 12.1 Å². The number of nitriles is 2. The van der Waals surface area contributed by atoms with Gasteiger partial charge in [-0.25, -0.2) is 4.79 Å². The van der Waals surface area contributed by atoms with Gasteiger partial charge >= 0.3 is 6.03 Å². The van der Waals surface area contributed by atoms with Crippen LogP contribution in [0.4, 0.5) is 10.5 Å². The Hall–Kier alpha value is -2.53. The van der Waals surface area contributed by atoms with E-state index in [0.717, 1.165) is 12.8 Å². The second kappa shape index (κ2) is 4.54. The van der Waals surface area contributed by atoms with Gasteiger partial charge in [-0.05, 0) is 31.0 Å². The van der Waals surface area contributed by atoms with Crippen molar-refractivity contribution in [1.82, 2.24) is 5.32 Å². The third-order valence-corrected chi connectivity index (χ3v) is 2.43. The number of nitrogens with one attached hydrogen (secondary N) is 2. The zero-order valence-electron chi connectivity index (χ0n) is 9.03. The van der Waals surface area contributed by atoms with Crippen molar-refractivity contribution in [3.8, 4) is 12.1 Å². The summed E-state index contributed by atoms with van der Waals surface area (Å²) in [5, 5.41) is 23.0. The molecule has 1 aromatic rings. The van der Waals surface area contributed by atoms with Crippen LogP contribution in [0.25, 0.3) is 0 Å². The molecule has 1 aliphatic carbocycles. The standard InChI is InChI=1S/C12H10N4O/c13-6-8-1-2-11(5-9(8)7-14)16-12(17)15-10-3-4-10/h1-2,5,10H,3-4H2,(H2,15,16,17). The molecule has 5 heteroatoms. The van der Waals surface area contributed by atoms with Gasteiger partial charge in [-0.15, -0.1) is 0 Å². The molecule has 2 amide bonds. The maximum absolute atomic E-state index is 11.4. The lowest BCUT2D eigenvalue weighted by molar-refractivity contribution is 0.251. The van der Waals surface area contributed by atoms with Crippen molar-refractivity contribution in [3.63, 3.8) is 0 Å². The Labute approximate surface area is 98.7 Å². The van der Waals surface area contributed by atoms with Gasteiger partial charge in [-0.2, -0.15) is 10.5 Å². The van der Waals surface area contributed by atoms with E-state index in [2.05, 4.69) is 10.6 Å². The van der Waals surface area contributed by atoms with Gasteiger partial charge in [0, 0.05) is 11.7 Å². The van der Waals surface area contributed by atoms with Crippen molar-refractivity contribution in [1.29, 1.82) is 10.5 Å². The number of hydrogen-bond donors (Lipinski definition) is 2. The Balaban J connectivity index is 2.08. The van der Waals surface area contributed by atoms with Crippen LogP contribution in [0.2, 0.25) is 0 Å². The number of rotatable bonds is 2. The molecule has 0 spiro atoms. The Bertz CT molecular complexity index is 534. The van der Waals surface area contributed by atoms with E-state index < -0.39 is 0 Å². The first-order valence-corrected chi connectivity index (χ1v) is 5.24. The van der Waals surface area contributed by atoms with E-state index in [4.69, 9.17) is 10.5 Å². The number of anilines is 1. The maximum Gasteiger partial charge on any atom is 0.319 e. The number of amides is 2. The number of carbonyl (C=O) groups is 1. The Morgan fingerprint density at radius 2 is 1.94 bits per heavy atom. The van der Waals surface area contributed by atoms with E-state index in [9.17, 15) is 4.79 Å². The highest BCUT2D eigenvalue weighted by atomic mass is 16.2. The van der Waals surface area contributed by atoms with Crippen LogP contribution in [0.15, 0.2) is 18.2 Å². The molecule has 0 saturated heterocycles. The van der Waals surface area contributed by atoms with Crippen molar-refractivity contribution >= 4 is 11.7 Å². The number of nitrogens with zero attached hydrogens (tertiary/aromatic N) is 2. The summed E-state index contributed by atoms with van der Waals surface area (Å²) in [4.78, 5) is 11.4. The zero-order chi connectivity index (χ0) is 12.3. The SMILES string of the molecule is N#Cc1ccc(NC(=O)NC2CC2)cc1C#N. The molecular formula is C12H10N4O. The summed E-state index contributed by atoms with van der Waals surface area (Å²) in [6.45, 7) is 0. The largest absolute Gasteiger partial charge is 0.335 e. The highest BCUT2D eigenvalue weighted by molar-refractivity contribution is 5.90. The molecule has 2 rings (SSSR count). The van der Waals surface area contributed by atoms with E-state index >= 15 is 0 Å². The Morgan fingerprint density at radius 1 is 1.24 bits per heavy atom. The van der Waals surface area contributed by atoms with Gasteiger partial charge in [-0.1, -0.05) is 0 Å². The fraction of sp³-hybridized carbons (Fsp3) is 0.250. The molecule has 0 radical (unpaired) electrons. The normalized spacial score (nSPS) is 13.3. The van der Waals surface area contributed by atoms with Gasteiger partial charge in [0.25, 0.3) is 0 Å². The molecule has 0 aromatic heterocycles. The fourth-order valence-corrected chi connectivity index (χ4v) is 1.39. The van der Waals surface area contributed by atoms with Crippen molar-refractivity contribution < 1.29 is 4.79 Å². The maximum atomic E-state index is 11.4. The van der Waals surface area contributed by atoms with E-state index in [1.165, 1.54) is 12.1 Å². The summed E-state index contributed by atoms with van der Waals surface area (Å²) in [5.74, 6) is 0. The van der Waals surface area contributed by atoms with Crippen LogP contribution in [0.1, 0.15) is 24.0 Å². The lowest BCUT2D eigenvalue weighted by atomic mass is 10.1. The first-order chi connectivity index (χ1) is 8.22. The van der Waals surface area contributed by atoms with Crippen LogP contribution in [0.3, 0.4) is 0 Å². The highest BCUT2D eigenvalue weighted by Crippen LogP contribution is 2.19. The van der Waals surface area contributed by atoms with Gasteiger partial charge in [0.2, 0.25) is 0 Å². The molecule has 1 aliphatic rings. The van der Waals surface area contributed by atoms with Crippen LogP contribution >= 0.6 is 0 Å². The van der Waals surface area contributed by atoms with Crippen LogP contribution in [-0.2, 0) is 0 Å². The minimum Gasteiger partial charge on any atom is -0.335 e. The van der Waals surface area contributed by atoms with Crippen molar-refractivity contribution in [3.05, 3.63) is 29.3 Å². The fourth-order valence-electron chi connectivity index (χ4n) is 1.39. The summed E-state index contributed by atoms with van der Waals surface area (Å²) in [7, 11) is 0. The third-order valence-electron chi connectivity index (χ3n) is 2.43. The Morgan fingerprint density at radius 3 is 2.53 bits per heavy atom. The molecular weight excluding hydrogens is 216 g/mol. The average Bonchev–Trinajstić information content (AvgIpc) is 3.12. The highest BCUT2D eigenvalue weighted by Gasteiger charge is 2.23. The van der Waals surface area contributed by atoms with Crippen LogP contribution in [-0.4, -0.2) is 12.1 Å². The minimum absolute atomic E-state index is 0.261. The summed E-state index contributed by atoms with van der Waals surface area (Å²) in [6.07, 6.45) is 2.04. The van der Waals surface area contributed by atoms with Gasteiger partial charge < -0.3 is 10.6 Å². The molecule has 17 heavy (non-hydrogen) atoms. The number of urea groups is 1. The van der Waals surface area contributed by atoms with E-state index in [0.29, 0.717) is 11.3 Å². The third kappa shape index (κ3) is 2.73. The number of benzene rings is 1. The topological polar surface area (TPSA) is 88.7 Å². The molecule has 0 unspecified atom stereocenters. The van der Waals surface area contributed by atoms with E-state index in [1.807, 2.05) is 12.1 Å². The Kier molecular flexibility index (Phi) is 2.93. The average molecular weight is 226 g/mol. The first-order valence-electron chi connectivity index (χ1n) is 5.24. The number of carbonyl (C=O) groups excluding carboxylic acids is 1. The summed E-state index contributed by atoms with van der Waals surface area (Å²) < 4.78 is 0. The summed E-state index contributed by atoms with van der Waals surface area (Å²) in [5.41, 5.74) is 1.08. The van der Waals surface area contributed by atoms with Crippen molar-refractivity contribution in [2.75, 3.05) is 5.32 Å². The zero-order valence-corrected chi connectivity index (χ0v) is 9.03. The monoisotopic (exact) mass is 226 g/mol. The molecule has 0 heterocycles.